The Morgan fingerprint density at radius 3 is 2.05 bits per heavy atom. The van der Waals surface area contributed by atoms with Crippen molar-refractivity contribution in [2.24, 2.45) is 64.1 Å². The van der Waals surface area contributed by atoms with Crippen LogP contribution in [0.15, 0.2) is 12.7 Å². The van der Waals surface area contributed by atoms with Crippen LogP contribution in [0.25, 0.3) is 0 Å². The van der Waals surface area contributed by atoms with Crippen molar-refractivity contribution in [1.29, 1.82) is 0 Å². The molecule has 0 saturated heterocycles. The van der Waals surface area contributed by atoms with Gasteiger partial charge >= 0.3 is 0 Å². The van der Waals surface area contributed by atoms with Crippen LogP contribution in [-0.2, 0) is 0 Å². The summed E-state index contributed by atoms with van der Waals surface area (Å²) in [5.74, 6) is 10.5. The van der Waals surface area contributed by atoms with Crippen molar-refractivity contribution >= 4 is 0 Å². The van der Waals surface area contributed by atoms with Gasteiger partial charge in [0.1, 0.15) is 0 Å². The number of allylic oxidation sites excluding steroid dienone is 1. The Hall–Kier alpha value is -0.260. The maximum atomic E-state index is 4.32. The molecule has 0 N–H and O–H groups in total. The highest BCUT2D eigenvalue weighted by atomic mass is 14.8. The topological polar surface area (TPSA) is 0 Å². The first-order valence-corrected chi connectivity index (χ1v) is 9.38. The third-order valence-electron chi connectivity index (χ3n) is 10.2. The molecule has 10 saturated carbocycles. The quantitative estimate of drug-likeness (QED) is 0.612. The van der Waals surface area contributed by atoms with Gasteiger partial charge in [0.2, 0.25) is 0 Å². The minimum atomic E-state index is 0.595. The van der Waals surface area contributed by atoms with Gasteiger partial charge in [-0.3, -0.25) is 0 Å². The molecule has 106 valence electrons. The summed E-state index contributed by atoms with van der Waals surface area (Å²) < 4.78 is 0. The van der Waals surface area contributed by atoms with E-state index in [1.54, 1.807) is 44.9 Å². The lowest BCUT2D eigenvalue weighted by Gasteiger charge is -2.84. The minimum Gasteiger partial charge on any atom is -0.103 e. The van der Waals surface area contributed by atoms with E-state index in [0.717, 1.165) is 23.2 Å². The lowest BCUT2D eigenvalue weighted by Crippen LogP contribution is -2.78. The molecule has 10 aliphatic rings. The molecular weight excluding hydrogens is 240 g/mol. The van der Waals surface area contributed by atoms with Gasteiger partial charge in [-0.1, -0.05) is 6.08 Å². The van der Waals surface area contributed by atoms with Crippen LogP contribution in [0.3, 0.4) is 0 Å². The van der Waals surface area contributed by atoms with Crippen LogP contribution in [0.2, 0.25) is 0 Å². The largest absolute Gasteiger partial charge is 0.103 e. The fourth-order valence-electron chi connectivity index (χ4n) is 10.7. The average Bonchev–Trinajstić information content (AvgIpc) is 2.45. The van der Waals surface area contributed by atoms with Gasteiger partial charge in [-0.25, -0.2) is 0 Å². The van der Waals surface area contributed by atoms with Crippen LogP contribution in [0, 0.1) is 64.1 Å². The van der Waals surface area contributed by atoms with Crippen LogP contribution >= 0.6 is 0 Å². The zero-order valence-corrected chi connectivity index (χ0v) is 12.4. The molecule has 1 spiro atoms. The van der Waals surface area contributed by atoms with E-state index in [4.69, 9.17) is 0 Å². The van der Waals surface area contributed by atoms with Crippen molar-refractivity contribution in [3.63, 3.8) is 0 Å². The summed E-state index contributed by atoms with van der Waals surface area (Å²) in [6.07, 6.45) is 13.7. The molecule has 10 aliphatic carbocycles. The summed E-state index contributed by atoms with van der Waals surface area (Å²) in [5, 5.41) is 0. The minimum absolute atomic E-state index is 0.595. The van der Waals surface area contributed by atoms with Crippen molar-refractivity contribution in [2.75, 3.05) is 0 Å². The first-order chi connectivity index (χ1) is 9.75. The summed E-state index contributed by atoms with van der Waals surface area (Å²) in [6.45, 7) is 4.32. The van der Waals surface area contributed by atoms with E-state index in [2.05, 4.69) is 12.7 Å². The van der Waals surface area contributed by atoms with Crippen LogP contribution in [0.1, 0.15) is 44.9 Å². The Morgan fingerprint density at radius 1 is 0.750 bits per heavy atom. The number of hydrogen-bond donors (Lipinski definition) is 0. The van der Waals surface area contributed by atoms with Crippen molar-refractivity contribution in [3.05, 3.63) is 12.7 Å². The molecule has 0 aromatic rings. The number of hydrogen-bond acceptors (Lipinski definition) is 0. The molecule has 0 heteroatoms. The zero-order chi connectivity index (χ0) is 12.9. The SMILES string of the molecule is C=CC12CC3C4CC5C6CC7CC5C(C4C1)C(C7)(C2)C63. The molecule has 6 atom stereocenters. The first-order valence-electron chi connectivity index (χ1n) is 9.38. The van der Waals surface area contributed by atoms with E-state index in [9.17, 15) is 0 Å². The van der Waals surface area contributed by atoms with E-state index >= 15 is 0 Å². The molecule has 10 fully saturated rings. The van der Waals surface area contributed by atoms with Gasteiger partial charge in [0.25, 0.3) is 0 Å². The molecular formula is C20H26. The van der Waals surface area contributed by atoms with Crippen LogP contribution in [-0.4, -0.2) is 0 Å². The number of rotatable bonds is 1. The van der Waals surface area contributed by atoms with Gasteiger partial charge in [0.15, 0.2) is 0 Å². The molecule has 10 rings (SSSR count). The predicted octanol–water partition coefficient (Wildman–Crippen LogP) is 4.52. The second-order valence-electron chi connectivity index (χ2n) is 10.2. The molecule has 0 aromatic heterocycles. The molecule has 0 radical (unpaired) electrons. The van der Waals surface area contributed by atoms with Gasteiger partial charge in [0.05, 0.1) is 0 Å². The van der Waals surface area contributed by atoms with Crippen molar-refractivity contribution in [1.82, 2.24) is 0 Å². The summed E-state index contributed by atoms with van der Waals surface area (Å²) >= 11 is 0. The highest BCUT2D eigenvalue weighted by Gasteiger charge is 2.79. The Morgan fingerprint density at radius 2 is 1.40 bits per heavy atom. The molecule has 0 aromatic carbocycles. The normalized spacial score (nSPS) is 76.7. The third-order valence-corrected chi connectivity index (χ3v) is 10.2. The monoisotopic (exact) mass is 266 g/mol. The lowest BCUT2D eigenvalue weighted by molar-refractivity contribution is -0.357. The fraction of sp³-hybridized carbons (Fsp3) is 0.900. The zero-order valence-electron chi connectivity index (χ0n) is 12.4. The summed E-state index contributed by atoms with van der Waals surface area (Å²) in [7, 11) is 0. The molecule has 20 heavy (non-hydrogen) atoms. The third kappa shape index (κ3) is 0.782. The molecule has 0 heterocycles. The smallest absolute Gasteiger partial charge is 0.0110 e. The molecule has 11 bridgehead atoms. The predicted molar refractivity (Wildman–Crippen MR) is 78.8 cm³/mol. The Kier molecular flexibility index (Phi) is 1.41. The van der Waals surface area contributed by atoms with Crippen molar-refractivity contribution in [2.45, 2.75) is 44.9 Å². The molecule has 0 nitrogen and oxygen atoms in total. The Bertz CT molecular complexity index is 512. The second-order valence-corrected chi connectivity index (χ2v) is 10.2. The second kappa shape index (κ2) is 2.70. The molecule has 6 unspecified atom stereocenters. The van der Waals surface area contributed by atoms with Crippen LogP contribution in [0.5, 0.6) is 0 Å². The summed E-state index contributed by atoms with van der Waals surface area (Å²) in [4.78, 5) is 0. The molecule has 0 aliphatic heterocycles. The van der Waals surface area contributed by atoms with Crippen molar-refractivity contribution in [3.8, 4) is 0 Å². The van der Waals surface area contributed by atoms with E-state index < -0.39 is 0 Å². The maximum Gasteiger partial charge on any atom is -0.0110 e. The molecule has 0 amide bonds. The van der Waals surface area contributed by atoms with E-state index in [0.29, 0.717) is 5.41 Å². The van der Waals surface area contributed by atoms with E-state index in [1.165, 1.54) is 35.5 Å². The van der Waals surface area contributed by atoms with Crippen LogP contribution < -0.4 is 0 Å². The van der Waals surface area contributed by atoms with E-state index in [-0.39, 0.29) is 0 Å². The first kappa shape index (κ1) is 10.5. The van der Waals surface area contributed by atoms with Crippen LogP contribution in [0.4, 0.5) is 0 Å². The standard InChI is InChI=1S/C20H26/c1-2-19-7-15-12-5-11-13-3-10-4-14(11)18(16(12)8-19)20(6-10,9-19)17(13)15/h2,10-18H,1,3-9H2. The van der Waals surface area contributed by atoms with Gasteiger partial charge in [-0.15, -0.1) is 6.58 Å². The van der Waals surface area contributed by atoms with Gasteiger partial charge < -0.3 is 0 Å². The average molecular weight is 266 g/mol. The van der Waals surface area contributed by atoms with Gasteiger partial charge in [-0.05, 0) is 109 Å². The highest BCUT2D eigenvalue weighted by molar-refractivity contribution is 5.29. The van der Waals surface area contributed by atoms with Gasteiger partial charge in [-0.2, -0.15) is 0 Å². The van der Waals surface area contributed by atoms with Gasteiger partial charge in [0, 0.05) is 0 Å². The van der Waals surface area contributed by atoms with E-state index in [1.807, 2.05) is 0 Å². The van der Waals surface area contributed by atoms with Crippen molar-refractivity contribution < 1.29 is 0 Å². The summed E-state index contributed by atoms with van der Waals surface area (Å²) in [6, 6.07) is 0. The Labute approximate surface area is 122 Å². The highest BCUT2D eigenvalue weighted by Crippen LogP contribution is 2.86. The maximum absolute atomic E-state index is 4.32. The lowest BCUT2D eigenvalue weighted by atomic mass is 9.20. The summed E-state index contributed by atoms with van der Waals surface area (Å²) in [5.41, 5.74) is 1.43. The Balaban J connectivity index is 1.53. The fourth-order valence-corrected chi connectivity index (χ4v) is 10.7.